The fourth-order valence-electron chi connectivity index (χ4n) is 5.59. The minimum atomic E-state index is -0.581. The molecule has 2 aliphatic carbocycles. The van der Waals surface area contributed by atoms with Crippen LogP contribution in [0.2, 0.25) is 0 Å². The van der Waals surface area contributed by atoms with Crippen molar-refractivity contribution in [2.24, 2.45) is 11.3 Å². The Morgan fingerprint density at radius 3 is 2.52 bits per heavy atom. The summed E-state index contributed by atoms with van der Waals surface area (Å²) in [6.45, 7) is 9.02. The number of nitrogens with zero attached hydrogens (tertiary/aromatic N) is 1. The van der Waals surface area contributed by atoms with Gasteiger partial charge in [-0.3, -0.25) is 0 Å². The summed E-state index contributed by atoms with van der Waals surface area (Å²) >= 11 is 0. The molecule has 2 aliphatic rings. The standard InChI is InChI=1S/C23H35NO3/c1-15(2)17-13-16-9-10-20-22(3,4)11-8-12-23(20,21(25)27-24(5)6)18(16)14-19(17)26-7/h13-15,20H,8-12H2,1-7H3. The average Bonchev–Trinajstić information content (AvgIpc) is 2.59. The van der Waals surface area contributed by atoms with Crippen LogP contribution in [0.4, 0.5) is 0 Å². The van der Waals surface area contributed by atoms with Crippen molar-refractivity contribution in [1.82, 2.24) is 5.06 Å². The van der Waals surface area contributed by atoms with Crippen LogP contribution in [0, 0.1) is 11.3 Å². The van der Waals surface area contributed by atoms with Gasteiger partial charge in [-0.2, -0.15) is 0 Å². The number of hydrogen-bond acceptors (Lipinski definition) is 4. The van der Waals surface area contributed by atoms with Gasteiger partial charge in [-0.1, -0.05) is 40.2 Å². The Morgan fingerprint density at radius 1 is 1.22 bits per heavy atom. The van der Waals surface area contributed by atoms with Gasteiger partial charge in [0.2, 0.25) is 0 Å². The van der Waals surface area contributed by atoms with Crippen molar-refractivity contribution in [1.29, 1.82) is 0 Å². The first-order chi connectivity index (χ1) is 12.6. The van der Waals surface area contributed by atoms with Crippen molar-refractivity contribution >= 4 is 5.97 Å². The SMILES string of the molecule is COc1cc2c(cc1C(C)C)CCC1C(C)(C)CCCC21C(=O)ON(C)C. The van der Waals surface area contributed by atoms with Crippen LogP contribution >= 0.6 is 0 Å². The molecule has 1 aromatic rings. The highest BCUT2D eigenvalue weighted by atomic mass is 16.7. The summed E-state index contributed by atoms with van der Waals surface area (Å²) in [5, 5.41) is 1.53. The maximum Gasteiger partial charge on any atom is 0.335 e. The molecular formula is C23H35NO3. The van der Waals surface area contributed by atoms with Crippen LogP contribution < -0.4 is 4.74 Å². The highest BCUT2D eigenvalue weighted by molar-refractivity contribution is 5.85. The van der Waals surface area contributed by atoms with E-state index in [0.717, 1.165) is 43.4 Å². The molecule has 0 spiro atoms. The van der Waals surface area contributed by atoms with Crippen molar-refractivity contribution < 1.29 is 14.4 Å². The fourth-order valence-corrected chi connectivity index (χ4v) is 5.59. The molecule has 4 heteroatoms. The van der Waals surface area contributed by atoms with Crippen LogP contribution in [-0.2, 0) is 21.5 Å². The molecule has 2 atom stereocenters. The second-order valence-electron chi connectivity index (χ2n) is 9.50. The van der Waals surface area contributed by atoms with E-state index in [9.17, 15) is 4.79 Å². The minimum absolute atomic E-state index is 0.106. The van der Waals surface area contributed by atoms with Crippen LogP contribution in [0.15, 0.2) is 12.1 Å². The molecule has 4 nitrogen and oxygen atoms in total. The van der Waals surface area contributed by atoms with Gasteiger partial charge in [-0.25, -0.2) is 4.79 Å². The number of benzene rings is 1. The number of fused-ring (bicyclic) bond motifs is 3. The monoisotopic (exact) mass is 373 g/mol. The van der Waals surface area contributed by atoms with Crippen molar-refractivity contribution in [3.63, 3.8) is 0 Å². The molecule has 2 unspecified atom stereocenters. The zero-order valence-corrected chi connectivity index (χ0v) is 18.0. The summed E-state index contributed by atoms with van der Waals surface area (Å²) in [4.78, 5) is 19.2. The van der Waals surface area contributed by atoms with Gasteiger partial charge in [0.1, 0.15) is 5.75 Å². The number of methoxy groups -OCH3 is 1. The molecule has 0 radical (unpaired) electrons. The van der Waals surface area contributed by atoms with Crippen LogP contribution in [0.25, 0.3) is 0 Å². The first kappa shape index (κ1) is 20.2. The predicted molar refractivity (Wildman–Crippen MR) is 108 cm³/mol. The number of hydrogen-bond donors (Lipinski definition) is 0. The zero-order valence-electron chi connectivity index (χ0n) is 18.0. The first-order valence-corrected chi connectivity index (χ1v) is 10.2. The van der Waals surface area contributed by atoms with Crippen LogP contribution in [0.3, 0.4) is 0 Å². The van der Waals surface area contributed by atoms with Gasteiger partial charge in [0.05, 0.1) is 12.5 Å². The summed E-state index contributed by atoms with van der Waals surface area (Å²) < 4.78 is 5.75. The van der Waals surface area contributed by atoms with Gasteiger partial charge >= 0.3 is 5.97 Å². The Balaban J connectivity index is 2.23. The molecule has 0 amide bonds. The van der Waals surface area contributed by atoms with E-state index in [-0.39, 0.29) is 17.3 Å². The number of hydroxylamine groups is 2. The Bertz CT molecular complexity index is 723. The lowest BCUT2D eigenvalue weighted by atomic mass is 9.49. The van der Waals surface area contributed by atoms with Crippen molar-refractivity contribution in [3.8, 4) is 5.75 Å². The number of carbonyl (C=O) groups is 1. The molecule has 3 rings (SSSR count). The quantitative estimate of drug-likeness (QED) is 0.707. The summed E-state index contributed by atoms with van der Waals surface area (Å²) in [6.07, 6.45) is 5.10. The van der Waals surface area contributed by atoms with Gasteiger partial charge in [0.15, 0.2) is 0 Å². The van der Waals surface area contributed by atoms with Gasteiger partial charge in [0, 0.05) is 14.1 Å². The van der Waals surface area contributed by atoms with Crippen LogP contribution in [-0.4, -0.2) is 32.2 Å². The molecule has 1 aromatic carbocycles. The zero-order chi connectivity index (χ0) is 20.0. The normalized spacial score (nSPS) is 26.5. The molecule has 27 heavy (non-hydrogen) atoms. The van der Waals surface area contributed by atoms with Crippen LogP contribution in [0.5, 0.6) is 5.75 Å². The summed E-state index contributed by atoms with van der Waals surface area (Å²) in [6, 6.07) is 4.43. The summed E-state index contributed by atoms with van der Waals surface area (Å²) in [7, 11) is 5.29. The topological polar surface area (TPSA) is 38.8 Å². The van der Waals surface area contributed by atoms with Crippen LogP contribution in [0.1, 0.15) is 76.0 Å². The molecule has 0 saturated heterocycles. The van der Waals surface area contributed by atoms with Gasteiger partial charge in [-0.15, -0.1) is 5.06 Å². The van der Waals surface area contributed by atoms with E-state index in [1.54, 1.807) is 21.2 Å². The first-order valence-electron chi connectivity index (χ1n) is 10.2. The highest BCUT2D eigenvalue weighted by Gasteiger charge is 2.58. The molecule has 0 aliphatic heterocycles. The molecule has 150 valence electrons. The van der Waals surface area contributed by atoms with Crippen molar-refractivity contribution in [3.05, 3.63) is 28.8 Å². The van der Waals surface area contributed by atoms with E-state index in [2.05, 4.69) is 39.8 Å². The lowest BCUT2D eigenvalue weighted by Gasteiger charge is -2.54. The van der Waals surface area contributed by atoms with Crippen molar-refractivity contribution in [2.75, 3.05) is 21.2 Å². The fraction of sp³-hybridized carbons (Fsp3) is 0.696. The van der Waals surface area contributed by atoms with E-state index in [4.69, 9.17) is 9.57 Å². The number of ether oxygens (including phenoxy) is 1. The van der Waals surface area contributed by atoms with Gasteiger partial charge in [0.25, 0.3) is 0 Å². The Kier molecular flexibility index (Phi) is 5.33. The van der Waals surface area contributed by atoms with E-state index in [0.29, 0.717) is 5.92 Å². The number of carbonyl (C=O) groups excluding carboxylic acids is 1. The third-order valence-corrected chi connectivity index (χ3v) is 6.82. The smallest absolute Gasteiger partial charge is 0.335 e. The maximum absolute atomic E-state index is 13.5. The Labute approximate surface area is 164 Å². The van der Waals surface area contributed by atoms with E-state index < -0.39 is 5.41 Å². The molecule has 1 saturated carbocycles. The lowest BCUT2D eigenvalue weighted by Crippen LogP contribution is -2.55. The second kappa shape index (κ2) is 7.12. The number of aryl methyl sites for hydroxylation is 1. The van der Waals surface area contributed by atoms with Gasteiger partial charge in [-0.05, 0) is 65.7 Å². The average molecular weight is 374 g/mol. The third kappa shape index (κ3) is 3.26. The van der Waals surface area contributed by atoms with Gasteiger partial charge < -0.3 is 9.57 Å². The molecule has 0 aromatic heterocycles. The predicted octanol–water partition coefficient (Wildman–Crippen LogP) is 4.85. The molecule has 0 heterocycles. The van der Waals surface area contributed by atoms with E-state index >= 15 is 0 Å². The lowest BCUT2D eigenvalue weighted by molar-refractivity contribution is -0.194. The molecule has 0 bridgehead atoms. The van der Waals surface area contributed by atoms with Crippen molar-refractivity contribution in [2.45, 2.75) is 71.1 Å². The van der Waals surface area contributed by atoms with E-state index in [1.165, 1.54) is 16.2 Å². The minimum Gasteiger partial charge on any atom is -0.496 e. The molecule has 1 fully saturated rings. The second-order valence-corrected chi connectivity index (χ2v) is 9.50. The third-order valence-electron chi connectivity index (χ3n) is 6.82. The molecular weight excluding hydrogens is 338 g/mol. The Hall–Kier alpha value is -1.55. The van der Waals surface area contributed by atoms with E-state index in [1.807, 2.05) is 0 Å². The summed E-state index contributed by atoms with van der Waals surface area (Å²) in [5.41, 5.74) is 3.19. The number of rotatable bonds is 4. The summed E-state index contributed by atoms with van der Waals surface area (Å²) in [5.74, 6) is 1.46. The molecule has 0 N–H and O–H groups in total. The Morgan fingerprint density at radius 2 is 1.93 bits per heavy atom. The highest BCUT2D eigenvalue weighted by Crippen LogP contribution is 2.58. The maximum atomic E-state index is 13.5. The largest absolute Gasteiger partial charge is 0.496 e.